The number of carbonyl (C=O) groups is 1. The predicted molar refractivity (Wildman–Crippen MR) is 51.9 cm³/mol. The molecule has 0 saturated heterocycles. The Balaban J connectivity index is 2.50. The van der Waals surface area contributed by atoms with Crippen LogP contribution in [-0.2, 0) is 9.47 Å². The van der Waals surface area contributed by atoms with Gasteiger partial charge in [0.05, 0.1) is 12.2 Å². The summed E-state index contributed by atoms with van der Waals surface area (Å²) < 4.78 is 9.61. The van der Waals surface area contributed by atoms with Crippen LogP contribution in [0.2, 0.25) is 0 Å². The highest BCUT2D eigenvalue weighted by Crippen LogP contribution is 2.11. The maximum Gasteiger partial charge on any atom is 0.338 e. The third-order valence-electron chi connectivity index (χ3n) is 1.72. The highest BCUT2D eigenvalue weighted by atomic mass is 17.1. The van der Waals surface area contributed by atoms with Crippen LogP contribution in [0.5, 0.6) is 5.75 Å². The number of ether oxygens (including phenoxy) is 2. The summed E-state index contributed by atoms with van der Waals surface area (Å²) in [6.45, 7) is 0.581. The molecule has 1 N–H and O–H groups in total. The minimum atomic E-state index is -0.434. The number of carbonyl (C=O) groups excluding carboxylic acids is 1. The lowest BCUT2D eigenvalue weighted by atomic mass is 10.2. The van der Waals surface area contributed by atoms with Crippen LogP contribution in [0, 0.1) is 0 Å². The van der Waals surface area contributed by atoms with Gasteiger partial charge in [-0.1, -0.05) is 0 Å². The Morgan fingerprint density at radius 3 is 2.47 bits per heavy atom. The molecule has 15 heavy (non-hydrogen) atoms. The maximum atomic E-state index is 11.3. The summed E-state index contributed by atoms with van der Waals surface area (Å²) in [6, 6.07) is 5.93. The third-order valence-corrected chi connectivity index (χ3v) is 1.72. The van der Waals surface area contributed by atoms with E-state index in [1.165, 1.54) is 31.4 Å². The van der Waals surface area contributed by atoms with E-state index in [-0.39, 0.29) is 12.4 Å². The van der Waals surface area contributed by atoms with Crippen molar-refractivity contribution in [2.45, 2.75) is 0 Å². The monoisotopic (exact) mass is 212 g/mol. The SMILES string of the molecule is COCCOC(=O)c1ccc(OO)cc1. The van der Waals surface area contributed by atoms with Gasteiger partial charge in [0.15, 0.2) is 5.75 Å². The molecular formula is C10H12O5. The number of hydrogen-bond acceptors (Lipinski definition) is 5. The Labute approximate surface area is 87.1 Å². The first-order valence-corrected chi connectivity index (χ1v) is 4.35. The number of esters is 1. The molecular weight excluding hydrogens is 200 g/mol. The minimum absolute atomic E-state index is 0.216. The summed E-state index contributed by atoms with van der Waals surface area (Å²) in [5.41, 5.74) is 0.395. The second-order valence-corrected chi connectivity index (χ2v) is 2.74. The third kappa shape index (κ3) is 3.57. The van der Waals surface area contributed by atoms with Crippen molar-refractivity contribution >= 4 is 5.97 Å². The summed E-state index contributed by atoms with van der Waals surface area (Å²) in [6.07, 6.45) is 0. The predicted octanol–water partition coefficient (Wildman–Crippen LogP) is 1.34. The maximum absolute atomic E-state index is 11.3. The van der Waals surface area contributed by atoms with Crippen molar-refractivity contribution in [1.29, 1.82) is 0 Å². The van der Waals surface area contributed by atoms with Crippen LogP contribution in [0.3, 0.4) is 0 Å². The van der Waals surface area contributed by atoms with E-state index in [2.05, 4.69) is 4.89 Å². The van der Waals surface area contributed by atoms with Crippen LogP contribution in [0.15, 0.2) is 24.3 Å². The van der Waals surface area contributed by atoms with Crippen LogP contribution in [-0.4, -0.2) is 31.6 Å². The van der Waals surface area contributed by atoms with Gasteiger partial charge in [-0.2, -0.15) is 0 Å². The van der Waals surface area contributed by atoms with Crippen molar-refractivity contribution < 1.29 is 24.4 Å². The summed E-state index contributed by atoms with van der Waals surface area (Å²) >= 11 is 0. The van der Waals surface area contributed by atoms with Crippen molar-refractivity contribution in [3.8, 4) is 5.75 Å². The van der Waals surface area contributed by atoms with Gasteiger partial charge in [0.1, 0.15) is 6.61 Å². The molecule has 0 fully saturated rings. The van der Waals surface area contributed by atoms with E-state index in [1.807, 2.05) is 0 Å². The molecule has 0 atom stereocenters. The molecule has 0 radical (unpaired) electrons. The fraction of sp³-hybridized carbons (Fsp3) is 0.300. The molecule has 0 amide bonds. The Morgan fingerprint density at radius 1 is 1.27 bits per heavy atom. The zero-order chi connectivity index (χ0) is 11.1. The van der Waals surface area contributed by atoms with Crippen molar-refractivity contribution in [3.63, 3.8) is 0 Å². The summed E-state index contributed by atoms with van der Waals surface area (Å²) in [4.78, 5) is 15.3. The molecule has 0 heterocycles. The van der Waals surface area contributed by atoms with Gasteiger partial charge < -0.3 is 14.4 Å². The van der Waals surface area contributed by atoms with Crippen LogP contribution in [0.4, 0.5) is 0 Å². The van der Waals surface area contributed by atoms with Crippen molar-refractivity contribution in [1.82, 2.24) is 0 Å². The molecule has 0 saturated carbocycles. The quantitative estimate of drug-likeness (QED) is 0.345. The first-order valence-electron chi connectivity index (χ1n) is 4.35. The van der Waals surface area contributed by atoms with Gasteiger partial charge in [0.2, 0.25) is 0 Å². The van der Waals surface area contributed by atoms with Gasteiger partial charge in [0, 0.05) is 7.11 Å². The smallest absolute Gasteiger partial charge is 0.338 e. The summed E-state index contributed by atoms with van der Waals surface area (Å²) in [5, 5.41) is 8.31. The highest BCUT2D eigenvalue weighted by Gasteiger charge is 2.06. The van der Waals surface area contributed by atoms with E-state index < -0.39 is 5.97 Å². The molecule has 0 aliphatic heterocycles. The molecule has 0 aliphatic carbocycles. The van der Waals surface area contributed by atoms with E-state index >= 15 is 0 Å². The van der Waals surface area contributed by atoms with Crippen LogP contribution >= 0.6 is 0 Å². The topological polar surface area (TPSA) is 65.0 Å². The first-order chi connectivity index (χ1) is 7.27. The molecule has 1 aromatic carbocycles. The average Bonchev–Trinajstić information content (AvgIpc) is 2.29. The largest absolute Gasteiger partial charge is 0.460 e. The van der Waals surface area contributed by atoms with Gasteiger partial charge in [-0.05, 0) is 24.3 Å². The lowest BCUT2D eigenvalue weighted by Crippen LogP contribution is -2.09. The Kier molecular flexibility index (Phi) is 4.59. The molecule has 5 heteroatoms. The standard InChI is InChI=1S/C10H12O5/c1-13-6-7-14-10(11)8-2-4-9(15-12)5-3-8/h2-5,12H,6-7H2,1H3. The fourth-order valence-electron chi connectivity index (χ4n) is 0.953. The zero-order valence-electron chi connectivity index (χ0n) is 8.30. The Morgan fingerprint density at radius 2 is 1.93 bits per heavy atom. The van der Waals surface area contributed by atoms with Gasteiger partial charge in [0.25, 0.3) is 0 Å². The summed E-state index contributed by atoms with van der Waals surface area (Å²) in [7, 11) is 1.53. The number of rotatable bonds is 5. The van der Waals surface area contributed by atoms with E-state index in [9.17, 15) is 4.79 Å². The first kappa shape index (κ1) is 11.5. The van der Waals surface area contributed by atoms with Crippen LogP contribution in [0.1, 0.15) is 10.4 Å². The number of hydrogen-bond donors (Lipinski definition) is 1. The molecule has 0 unspecified atom stereocenters. The number of benzene rings is 1. The molecule has 0 aliphatic rings. The molecule has 0 spiro atoms. The second kappa shape index (κ2) is 6.00. The Bertz CT molecular complexity index is 306. The second-order valence-electron chi connectivity index (χ2n) is 2.74. The Hall–Kier alpha value is -1.59. The van der Waals surface area contributed by atoms with Crippen molar-refractivity contribution in [2.75, 3.05) is 20.3 Å². The lowest BCUT2D eigenvalue weighted by Gasteiger charge is -2.04. The van der Waals surface area contributed by atoms with Gasteiger partial charge >= 0.3 is 5.97 Å². The molecule has 1 aromatic rings. The van der Waals surface area contributed by atoms with Crippen LogP contribution in [0.25, 0.3) is 0 Å². The molecule has 5 nitrogen and oxygen atoms in total. The van der Waals surface area contributed by atoms with Gasteiger partial charge in [-0.3, -0.25) is 0 Å². The van der Waals surface area contributed by atoms with Gasteiger partial charge in [-0.15, -0.1) is 0 Å². The van der Waals surface area contributed by atoms with Crippen molar-refractivity contribution in [2.24, 2.45) is 0 Å². The van der Waals surface area contributed by atoms with Gasteiger partial charge in [-0.25, -0.2) is 10.1 Å². The average molecular weight is 212 g/mol. The molecule has 82 valence electrons. The normalized spacial score (nSPS) is 9.73. The van der Waals surface area contributed by atoms with Crippen molar-refractivity contribution in [3.05, 3.63) is 29.8 Å². The summed E-state index contributed by atoms with van der Waals surface area (Å²) in [5.74, 6) is -0.167. The molecule has 1 rings (SSSR count). The minimum Gasteiger partial charge on any atom is -0.460 e. The van der Waals surface area contributed by atoms with E-state index in [0.29, 0.717) is 12.2 Å². The molecule has 0 aromatic heterocycles. The molecule has 0 bridgehead atoms. The highest BCUT2D eigenvalue weighted by molar-refractivity contribution is 5.89. The zero-order valence-corrected chi connectivity index (χ0v) is 8.30. The van der Waals surface area contributed by atoms with Crippen LogP contribution < -0.4 is 4.89 Å². The van der Waals surface area contributed by atoms with E-state index in [1.54, 1.807) is 0 Å². The number of methoxy groups -OCH3 is 1. The van der Waals surface area contributed by atoms with E-state index in [0.717, 1.165) is 0 Å². The fourth-order valence-corrected chi connectivity index (χ4v) is 0.953. The van der Waals surface area contributed by atoms with E-state index in [4.69, 9.17) is 14.7 Å². The lowest BCUT2D eigenvalue weighted by molar-refractivity contribution is -0.137.